The maximum absolute atomic E-state index is 11.6. The fourth-order valence-corrected chi connectivity index (χ4v) is 1.42. The van der Waals surface area contributed by atoms with Gasteiger partial charge in [-0.25, -0.2) is 0 Å². The summed E-state index contributed by atoms with van der Waals surface area (Å²) in [5, 5.41) is 0. The molecule has 0 aromatic heterocycles. The van der Waals surface area contributed by atoms with Crippen molar-refractivity contribution in [1.29, 1.82) is 0 Å². The van der Waals surface area contributed by atoms with Crippen molar-refractivity contribution < 1.29 is 14.3 Å². The van der Waals surface area contributed by atoms with Gasteiger partial charge >= 0.3 is 5.97 Å². The third-order valence-electron chi connectivity index (χ3n) is 2.16. The molecule has 0 spiro atoms. The van der Waals surface area contributed by atoms with Crippen LogP contribution in [0.15, 0.2) is 12.7 Å². The fourth-order valence-electron chi connectivity index (χ4n) is 1.42. The number of Topliss-reactive ketones (excluding diaryl/α,β-unsaturated/α-hetero) is 1. The zero-order valence-electron chi connectivity index (χ0n) is 7.95. The van der Waals surface area contributed by atoms with E-state index in [0.717, 1.165) is 0 Å². The van der Waals surface area contributed by atoms with Gasteiger partial charge in [0, 0.05) is 0 Å². The van der Waals surface area contributed by atoms with Gasteiger partial charge in [-0.3, -0.25) is 9.59 Å². The molecule has 0 saturated carbocycles. The van der Waals surface area contributed by atoms with Gasteiger partial charge in [0.1, 0.15) is 5.92 Å². The SMILES string of the molecule is C=CCC1C(=O)O[C@H](C(C)C)C1=O. The standard InChI is InChI=1S/C10H14O3/c1-4-5-7-8(11)9(6(2)3)13-10(7)12/h4,6-7,9H,1,5H2,2-3H3/t7?,9-/m1/s1. The minimum atomic E-state index is -0.607. The van der Waals surface area contributed by atoms with E-state index in [1.807, 2.05) is 13.8 Å². The molecule has 3 nitrogen and oxygen atoms in total. The van der Waals surface area contributed by atoms with Gasteiger partial charge in [-0.1, -0.05) is 19.9 Å². The number of carbonyl (C=O) groups is 2. The van der Waals surface area contributed by atoms with E-state index < -0.39 is 18.0 Å². The highest BCUT2D eigenvalue weighted by Gasteiger charge is 2.43. The third kappa shape index (κ3) is 1.79. The predicted molar refractivity (Wildman–Crippen MR) is 48.0 cm³/mol. The monoisotopic (exact) mass is 182 g/mol. The second kappa shape index (κ2) is 3.73. The Morgan fingerprint density at radius 1 is 1.54 bits per heavy atom. The summed E-state index contributed by atoms with van der Waals surface area (Å²) in [4.78, 5) is 22.8. The molecular formula is C10H14O3. The normalized spacial score (nSPS) is 27.9. The van der Waals surface area contributed by atoms with Crippen LogP contribution < -0.4 is 0 Å². The Hall–Kier alpha value is -1.12. The molecule has 0 aliphatic carbocycles. The van der Waals surface area contributed by atoms with Crippen LogP contribution in [0.2, 0.25) is 0 Å². The lowest BCUT2D eigenvalue weighted by Crippen LogP contribution is -2.25. The van der Waals surface area contributed by atoms with Gasteiger partial charge in [-0.05, 0) is 12.3 Å². The van der Waals surface area contributed by atoms with Gasteiger partial charge in [0.05, 0.1) is 0 Å². The van der Waals surface area contributed by atoms with Crippen molar-refractivity contribution in [1.82, 2.24) is 0 Å². The molecule has 0 radical (unpaired) electrons. The second-order valence-corrected chi connectivity index (χ2v) is 3.58. The number of hydrogen-bond donors (Lipinski definition) is 0. The molecule has 1 unspecified atom stereocenters. The Balaban J connectivity index is 2.75. The zero-order chi connectivity index (χ0) is 10.0. The van der Waals surface area contributed by atoms with Gasteiger partial charge in [-0.15, -0.1) is 6.58 Å². The highest BCUT2D eigenvalue weighted by atomic mass is 16.6. The Morgan fingerprint density at radius 3 is 2.54 bits per heavy atom. The highest BCUT2D eigenvalue weighted by Crippen LogP contribution is 2.25. The van der Waals surface area contributed by atoms with E-state index in [9.17, 15) is 9.59 Å². The molecule has 2 atom stereocenters. The summed E-state index contributed by atoms with van der Waals surface area (Å²) in [6.45, 7) is 7.24. The lowest BCUT2D eigenvalue weighted by molar-refractivity contribution is -0.145. The largest absolute Gasteiger partial charge is 0.453 e. The van der Waals surface area contributed by atoms with Gasteiger partial charge in [0.2, 0.25) is 0 Å². The van der Waals surface area contributed by atoms with Crippen LogP contribution >= 0.6 is 0 Å². The Labute approximate surface area is 77.8 Å². The first-order valence-electron chi connectivity index (χ1n) is 4.43. The van der Waals surface area contributed by atoms with Gasteiger partial charge in [-0.2, -0.15) is 0 Å². The first kappa shape index (κ1) is 9.96. The molecule has 0 aromatic rings. The highest BCUT2D eigenvalue weighted by molar-refractivity contribution is 6.06. The van der Waals surface area contributed by atoms with Crippen LogP contribution in [0, 0.1) is 11.8 Å². The molecule has 72 valence electrons. The average molecular weight is 182 g/mol. The molecule has 0 N–H and O–H groups in total. The van der Waals surface area contributed by atoms with Crippen molar-refractivity contribution in [3.63, 3.8) is 0 Å². The molecule has 0 bridgehead atoms. The summed E-state index contributed by atoms with van der Waals surface area (Å²) in [6.07, 6.45) is 1.42. The summed E-state index contributed by atoms with van der Waals surface area (Å²) >= 11 is 0. The number of esters is 1. The van der Waals surface area contributed by atoms with Crippen molar-refractivity contribution in [3.8, 4) is 0 Å². The molecular weight excluding hydrogens is 168 g/mol. The predicted octanol–water partition coefficient (Wildman–Crippen LogP) is 1.33. The number of ketones is 1. The van der Waals surface area contributed by atoms with Crippen LogP contribution in [0.3, 0.4) is 0 Å². The van der Waals surface area contributed by atoms with Crippen LogP contribution in [0.4, 0.5) is 0 Å². The Bertz CT molecular complexity index is 243. The molecule has 1 saturated heterocycles. The van der Waals surface area contributed by atoms with Crippen LogP contribution in [0.1, 0.15) is 20.3 Å². The van der Waals surface area contributed by atoms with Gasteiger partial charge < -0.3 is 4.74 Å². The maximum Gasteiger partial charge on any atom is 0.317 e. The lowest BCUT2D eigenvalue weighted by atomic mass is 9.94. The molecule has 1 heterocycles. The minimum Gasteiger partial charge on any atom is -0.453 e. The number of allylic oxidation sites excluding steroid dienone is 1. The smallest absolute Gasteiger partial charge is 0.317 e. The quantitative estimate of drug-likeness (QED) is 0.375. The van der Waals surface area contributed by atoms with Crippen molar-refractivity contribution in [2.75, 3.05) is 0 Å². The van der Waals surface area contributed by atoms with E-state index in [1.165, 1.54) is 0 Å². The summed E-state index contributed by atoms with van der Waals surface area (Å²) in [6, 6.07) is 0. The molecule has 0 amide bonds. The summed E-state index contributed by atoms with van der Waals surface area (Å²) in [5.74, 6) is -1.04. The molecule has 1 aliphatic rings. The van der Waals surface area contributed by atoms with E-state index in [2.05, 4.69) is 6.58 Å². The van der Waals surface area contributed by atoms with E-state index in [-0.39, 0.29) is 11.7 Å². The van der Waals surface area contributed by atoms with E-state index in [4.69, 9.17) is 4.74 Å². The van der Waals surface area contributed by atoms with E-state index in [0.29, 0.717) is 6.42 Å². The molecule has 3 heteroatoms. The van der Waals surface area contributed by atoms with E-state index >= 15 is 0 Å². The zero-order valence-corrected chi connectivity index (χ0v) is 7.95. The Morgan fingerprint density at radius 2 is 2.15 bits per heavy atom. The van der Waals surface area contributed by atoms with Crippen LogP contribution in [-0.4, -0.2) is 17.9 Å². The molecule has 1 aliphatic heterocycles. The Kier molecular flexibility index (Phi) is 2.86. The van der Waals surface area contributed by atoms with Crippen molar-refractivity contribution in [3.05, 3.63) is 12.7 Å². The summed E-state index contributed by atoms with van der Waals surface area (Å²) in [7, 11) is 0. The number of cyclic esters (lactones) is 1. The number of rotatable bonds is 3. The first-order valence-corrected chi connectivity index (χ1v) is 4.43. The topological polar surface area (TPSA) is 43.4 Å². The number of hydrogen-bond acceptors (Lipinski definition) is 3. The number of ether oxygens (including phenoxy) is 1. The van der Waals surface area contributed by atoms with Crippen molar-refractivity contribution in [2.24, 2.45) is 11.8 Å². The van der Waals surface area contributed by atoms with Crippen LogP contribution in [-0.2, 0) is 14.3 Å². The number of carbonyl (C=O) groups excluding carboxylic acids is 2. The van der Waals surface area contributed by atoms with Crippen LogP contribution in [0.5, 0.6) is 0 Å². The summed E-state index contributed by atoms with van der Waals surface area (Å²) < 4.78 is 4.96. The molecule has 1 rings (SSSR count). The van der Waals surface area contributed by atoms with Crippen molar-refractivity contribution in [2.45, 2.75) is 26.4 Å². The van der Waals surface area contributed by atoms with Gasteiger partial charge in [0.15, 0.2) is 11.9 Å². The fraction of sp³-hybridized carbons (Fsp3) is 0.600. The van der Waals surface area contributed by atoms with Crippen molar-refractivity contribution >= 4 is 11.8 Å². The lowest BCUT2D eigenvalue weighted by Gasteiger charge is -2.10. The third-order valence-corrected chi connectivity index (χ3v) is 2.16. The molecule has 0 aromatic carbocycles. The maximum atomic E-state index is 11.6. The van der Waals surface area contributed by atoms with E-state index in [1.54, 1.807) is 6.08 Å². The summed E-state index contributed by atoms with van der Waals surface area (Å²) in [5.41, 5.74) is 0. The second-order valence-electron chi connectivity index (χ2n) is 3.58. The van der Waals surface area contributed by atoms with Gasteiger partial charge in [0.25, 0.3) is 0 Å². The first-order chi connectivity index (χ1) is 6.07. The minimum absolute atomic E-state index is 0.0614. The molecule has 13 heavy (non-hydrogen) atoms. The average Bonchev–Trinajstić information content (AvgIpc) is 2.32. The van der Waals surface area contributed by atoms with Crippen LogP contribution in [0.25, 0.3) is 0 Å². The molecule has 1 fully saturated rings.